The molecule has 1 aromatic rings. The van der Waals surface area contributed by atoms with Crippen LogP contribution in [0.25, 0.3) is 0 Å². The molecule has 1 unspecified atom stereocenters. The van der Waals surface area contributed by atoms with E-state index in [9.17, 15) is 0 Å². The fourth-order valence-electron chi connectivity index (χ4n) is 1.14. The van der Waals surface area contributed by atoms with E-state index in [-0.39, 0.29) is 5.75 Å². The van der Waals surface area contributed by atoms with Crippen LogP contribution in [0.3, 0.4) is 0 Å². The first-order chi connectivity index (χ1) is 7.50. The van der Waals surface area contributed by atoms with Crippen molar-refractivity contribution in [3.8, 4) is 5.75 Å². The number of aromatic hydroxyl groups is 1. The van der Waals surface area contributed by atoms with Gasteiger partial charge in [-0.3, -0.25) is 4.78 Å². The van der Waals surface area contributed by atoms with Crippen molar-refractivity contribution >= 4 is 24.9 Å². The van der Waals surface area contributed by atoms with Crippen molar-refractivity contribution in [1.82, 2.24) is 4.78 Å². The first kappa shape index (κ1) is 13.2. The van der Waals surface area contributed by atoms with Gasteiger partial charge in [0.05, 0.1) is 6.21 Å². The van der Waals surface area contributed by atoms with Gasteiger partial charge in [0.25, 0.3) is 0 Å². The van der Waals surface area contributed by atoms with E-state index in [0.717, 1.165) is 5.56 Å². The molecule has 0 aliphatic rings. The fourth-order valence-corrected chi connectivity index (χ4v) is 2.20. The number of benzene rings is 1. The van der Waals surface area contributed by atoms with Crippen LogP contribution in [0.15, 0.2) is 29.4 Å². The van der Waals surface area contributed by atoms with Crippen LogP contribution in [0.4, 0.5) is 0 Å². The minimum absolute atomic E-state index is 0.265. The van der Waals surface area contributed by atoms with Crippen molar-refractivity contribution in [2.24, 2.45) is 5.10 Å². The van der Waals surface area contributed by atoms with E-state index in [1.54, 1.807) is 18.3 Å². The Morgan fingerprint density at radius 1 is 1.38 bits per heavy atom. The Morgan fingerprint density at radius 3 is 2.44 bits per heavy atom. The number of nitrogens with zero attached hydrogens (tertiary/aromatic N) is 2. The highest BCUT2D eigenvalue weighted by molar-refractivity contribution is 8.04. The summed E-state index contributed by atoms with van der Waals surface area (Å²) < 4.78 is 1.87. The molecule has 88 valence electrons. The molecule has 1 rings (SSSR count). The molecule has 0 spiro atoms. The predicted molar refractivity (Wildman–Crippen MR) is 74.3 cm³/mol. The quantitative estimate of drug-likeness (QED) is 0.511. The summed E-state index contributed by atoms with van der Waals surface area (Å²) in [6.45, 7) is 3.25. The summed E-state index contributed by atoms with van der Waals surface area (Å²) in [6.07, 6.45) is 1.76. The standard InChI is InChI=1S/C11H17N2OPS/c1-9(2)15(16)13(3)12-8-10-4-6-11(14)7-5-10/h4-9,14-15H,1-3H3/b12-8+. The first-order valence-electron chi connectivity index (χ1n) is 5.11. The molecular weight excluding hydrogens is 239 g/mol. The molecule has 0 radical (unpaired) electrons. The van der Waals surface area contributed by atoms with Gasteiger partial charge in [-0.25, -0.2) is 0 Å². The highest BCUT2D eigenvalue weighted by Gasteiger charge is 2.04. The van der Waals surface area contributed by atoms with Crippen molar-refractivity contribution in [3.63, 3.8) is 0 Å². The zero-order chi connectivity index (χ0) is 12.1. The third-order valence-corrected chi connectivity index (χ3v) is 6.03. The summed E-state index contributed by atoms with van der Waals surface area (Å²) in [5, 5.41) is 13.4. The van der Waals surface area contributed by atoms with E-state index >= 15 is 0 Å². The van der Waals surface area contributed by atoms with E-state index in [2.05, 4.69) is 18.9 Å². The third kappa shape index (κ3) is 3.95. The van der Waals surface area contributed by atoms with Crippen LogP contribution < -0.4 is 0 Å². The molecule has 16 heavy (non-hydrogen) atoms. The van der Waals surface area contributed by atoms with Gasteiger partial charge in [0, 0.05) is 13.9 Å². The minimum atomic E-state index is -0.993. The molecule has 0 aromatic heterocycles. The third-order valence-electron chi connectivity index (χ3n) is 2.09. The predicted octanol–water partition coefficient (Wildman–Crippen LogP) is 2.66. The number of hydrogen-bond donors (Lipinski definition) is 1. The second kappa shape index (κ2) is 6.02. The van der Waals surface area contributed by atoms with Gasteiger partial charge < -0.3 is 5.11 Å². The van der Waals surface area contributed by atoms with Gasteiger partial charge >= 0.3 is 0 Å². The molecular formula is C11H17N2OPS. The van der Waals surface area contributed by atoms with Gasteiger partial charge in [0.2, 0.25) is 0 Å². The monoisotopic (exact) mass is 256 g/mol. The molecule has 0 saturated heterocycles. The topological polar surface area (TPSA) is 35.8 Å². The molecule has 1 N–H and O–H groups in total. The van der Waals surface area contributed by atoms with E-state index < -0.39 is 6.85 Å². The molecule has 1 aromatic carbocycles. The van der Waals surface area contributed by atoms with Crippen molar-refractivity contribution in [1.29, 1.82) is 0 Å². The van der Waals surface area contributed by atoms with Gasteiger partial charge in [-0.1, -0.05) is 25.7 Å². The Kier molecular flexibility index (Phi) is 4.97. The average Bonchev–Trinajstić information content (AvgIpc) is 2.26. The lowest BCUT2D eigenvalue weighted by Gasteiger charge is -2.18. The van der Waals surface area contributed by atoms with Crippen molar-refractivity contribution in [2.45, 2.75) is 19.5 Å². The van der Waals surface area contributed by atoms with E-state index in [4.69, 9.17) is 16.9 Å². The summed E-state index contributed by atoms with van der Waals surface area (Å²) in [6, 6.07) is 6.92. The average molecular weight is 256 g/mol. The highest BCUT2D eigenvalue weighted by Crippen LogP contribution is 2.31. The minimum Gasteiger partial charge on any atom is -0.508 e. The summed E-state index contributed by atoms with van der Waals surface area (Å²) in [7, 11) is 1.91. The molecule has 1 atom stereocenters. The van der Waals surface area contributed by atoms with E-state index in [0.29, 0.717) is 5.66 Å². The van der Waals surface area contributed by atoms with Crippen LogP contribution in [0.2, 0.25) is 0 Å². The van der Waals surface area contributed by atoms with Gasteiger partial charge in [-0.05, 0) is 35.5 Å². The Balaban J connectivity index is 2.66. The van der Waals surface area contributed by atoms with Crippen LogP contribution in [-0.4, -0.2) is 28.8 Å². The number of phenolic OH excluding ortho intramolecular Hbond substituents is 1. The zero-order valence-electron chi connectivity index (χ0n) is 9.71. The van der Waals surface area contributed by atoms with Crippen molar-refractivity contribution in [3.05, 3.63) is 29.8 Å². The number of hydrazone groups is 1. The first-order valence-corrected chi connectivity index (χ1v) is 7.77. The molecule has 3 nitrogen and oxygen atoms in total. The summed E-state index contributed by atoms with van der Waals surface area (Å²) in [5.41, 5.74) is 1.44. The van der Waals surface area contributed by atoms with Gasteiger partial charge in [0.15, 0.2) is 0 Å². The second-order valence-corrected chi connectivity index (χ2v) is 7.59. The Labute approximate surface area is 102 Å². The molecule has 0 heterocycles. The molecule has 0 fully saturated rings. The van der Waals surface area contributed by atoms with Crippen molar-refractivity contribution < 1.29 is 5.11 Å². The van der Waals surface area contributed by atoms with Crippen LogP contribution in [0, 0.1) is 0 Å². The molecule has 0 amide bonds. The molecule has 0 bridgehead atoms. The number of phenols is 1. The van der Waals surface area contributed by atoms with E-state index in [1.165, 1.54) is 0 Å². The lowest BCUT2D eigenvalue weighted by molar-refractivity contribution is 0.475. The molecule has 5 heteroatoms. The summed E-state index contributed by atoms with van der Waals surface area (Å²) in [4.78, 5) is 0. The van der Waals surface area contributed by atoms with Crippen LogP contribution >= 0.6 is 6.85 Å². The maximum Gasteiger partial charge on any atom is 0.115 e. The van der Waals surface area contributed by atoms with Gasteiger partial charge in [-0.2, -0.15) is 5.10 Å². The van der Waals surface area contributed by atoms with Crippen molar-refractivity contribution in [2.75, 3.05) is 7.05 Å². The Hall–Kier alpha value is -0.860. The molecule has 0 aliphatic carbocycles. The van der Waals surface area contributed by atoms with Gasteiger partial charge in [0.1, 0.15) is 5.75 Å². The fraction of sp³-hybridized carbons (Fsp3) is 0.364. The molecule has 0 saturated carbocycles. The lowest BCUT2D eigenvalue weighted by atomic mass is 10.2. The summed E-state index contributed by atoms with van der Waals surface area (Å²) in [5.74, 6) is 0.265. The SMILES string of the molecule is CC(C)[PH](=S)N(C)/N=C/c1ccc(O)cc1. The normalized spacial score (nSPS) is 13.2. The maximum absolute atomic E-state index is 9.13. The van der Waals surface area contributed by atoms with Crippen LogP contribution in [-0.2, 0) is 11.8 Å². The Morgan fingerprint density at radius 2 is 1.94 bits per heavy atom. The molecule has 0 aliphatic heterocycles. The lowest BCUT2D eigenvalue weighted by Crippen LogP contribution is -2.05. The number of hydrogen-bond acceptors (Lipinski definition) is 3. The number of rotatable bonds is 4. The smallest absolute Gasteiger partial charge is 0.115 e. The van der Waals surface area contributed by atoms with Gasteiger partial charge in [-0.15, -0.1) is 0 Å². The summed E-state index contributed by atoms with van der Waals surface area (Å²) >= 11 is 5.39. The van der Waals surface area contributed by atoms with E-state index in [1.807, 2.05) is 24.0 Å². The Bertz CT molecular complexity index is 389. The maximum atomic E-state index is 9.13. The highest BCUT2D eigenvalue weighted by atomic mass is 32.4. The van der Waals surface area contributed by atoms with Crippen LogP contribution in [0.5, 0.6) is 5.75 Å². The largest absolute Gasteiger partial charge is 0.508 e. The zero-order valence-corrected chi connectivity index (χ0v) is 11.5. The van der Waals surface area contributed by atoms with Crippen LogP contribution in [0.1, 0.15) is 19.4 Å². The second-order valence-electron chi connectivity index (χ2n) is 3.85.